The molecular formula is C13H16BNO5. The van der Waals surface area contributed by atoms with Crippen molar-refractivity contribution in [3.63, 3.8) is 0 Å². The minimum atomic E-state index is -0.665. The Balaban J connectivity index is 2.79. The molecule has 0 fully saturated rings. The standard InChI is InChI=1S/C13H16BNO5/c1-9-4-5-10(15-14-19-3)11(8-9)20-13(17)7-6-12(16)18-2/h4-8,14-15H,1-3H3/b7-6+. The number of ether oxygens (including phenoxy) is 2. The van der Waals surface area contributed by atoms with Crippen LogP contribution in [0.2, 0.25) is 0 Å². The highest BCUT2D eigenvalue weighted by Crippen LogP contribution is 2.25. The van der Waals surface area contributed by atoms with Gasteiger partial charge in [0.1, 0.15) is 0 Å². The summed E-state index contributed by atoms with van der Waals surface area (Å²) in [7, 11) is 3.06. The second kappa shape index (κ2) is 8.01. The van der Waals surface area contributed by atoms with E-state index in [4.69, 9.17) is 9.39 Å². The summed E-state index contributed by atoms with van der Waals surface area (Å²) >= 11 is 0. The van der Waals surface area contributed by atoms with E-state index in [1.54, 1.807) is 19.2 Å². The summed E-state index contributed by atoms with van der Waals surface area (Å²) in [6.45, 7) is 1.88. The van der Waals surface area contributed by atoms with Gasteiger partial charge in [0.05, 0.1) is 12.8 Å². The van der Waals surface area contributed by atoms with Crippen molar-refractivity contribution in [1.82, 2.24) is 0 Å². The molecule has 20 heavy (non-hydrogen) atoms. The predicted molar refractivity (Wildman–Crippen MR) is 75.8 cm³/mol. The highest BCUT2D eigenvalue weighted by atomic mass is 16.5. The van der Waals surface area contributed by atoms with Gasteiger partial charge in [0, 0.05) is 19.3 Å². The van der Waals surface area contributed by atoms with E-state index in [2.05, 4.69) is 9.96 Å². The van der Waals surface area contributed by atoms with Crippen LogP contribution in [0.25, 0.3) is 0 Å². The molecule has 7 heteroatoms. The number of methoxy groups -OCH3 is 1. The largest absolute Gasteiger partial charge is 0.466 e. The Kier molecular flexibility index (Phi) is 6.32. The first-order valence-electron chi connectivity index (χ1n) is 5.88. The predicted octanol–water partition coefficient (Wildman–Crippen LogP) is 0.954. The van der Waals surface area contributed by atoms with Crippen molar-refractivity contribution >= 4 is 25.2 Å². The number of carbonyl (C=O) groups is 2. The molecule has 1 rings (SSSR count). The van der Waals surface area contributed by atoms with Crippen LogP contribution in [0, 0.1) is 6.92 Å². The van der Waals surface area contributed by atoms with Crippen LogP contribution >= 0.6 is 0 Å². The molecular weight excluding hydrogens is 261 g/mol. The molecule has 0 amide bonds. The topological polar surface area (TPSA) is 73.9 Å². The molecule has 6 nitrogen and oxygen atoms in total. The Morgan fingerprint density at radius 3 is 2.55 bits per heavy atom. The number of anilines is 1. The Bertz CT molecular complexity index is 515. The van der Waals surface area contributed by atoms with E-state index < -0.39 is 11.9 Å². The second-order valence-electron chi connectivity index (χ2n) is 3.89. The molecule has 0 aliphatic rings. The molecule has 0 radical (unpaired) electrons. The van der Waals surface area contributed by atoms with Gasteiger partial charge in [-0.1, -0.05) is 6.07 Å². The van der Waals surface area contributed by atoms with Gasteiger partial charge in [-0.2, -0.15) is 0 Å². The minimum Gasteiger partial charge on any atom is -0.466 e. The number of hydrogen-bond acceptors (Lipinski definition) is 6. The number of aryl methyl sites for hydroxylation is 1. The van der Waals surface area contributed by atoms with Crippen LogP contribution in [-0.4, -0.2) is 33.8 Å². The molecule has 0 unspecified atom stereocenters. The number of hydrogen-bond donors (Lipinski definition) is 1. The molecule has 0 bridgehead atoms. The van der Waals surface area contributed by atoms with E-state index in [9.17, 15) is 9.59 Å². The van der Waals surface area contributed by atoms with E-state index in [0.717, 1.165) is 17.7 Å². The van der Waals surface area contributed by atoms with E-state index >= 15 is 0 Å². The van der Waals surface area contributed by atoms with Crippen molar-refractivity contribution in [3.8, 4) is 5.75 Å². The molecule has 0 heterocycles. The highest BCUT2D eigenvalue weighted by molar-refractivity contribution is 6.32. The quantitative estimate of drug-likeness (QED) is 0.361. The van der Waals surface area contributed by atoms with Crippen LogP contribution in [0.1, 0.15) is 5.56 Å². The zero-order valence-corrected chi connectivity index (χ0v) is 11.6. The number of rotatable bonds is 6. The Morgan fingerprint density at radius 1 is 1.20 bits per heavy atom. The molecule has 1 N–H and O–H groups in total. The summed E-state index contributed by atoms with van der Waals surface area (Å²) in [5.74, 6) is -0.924. The summed E-state index contributed by atoms with van der Waals surface area (Å²) in [5, 5.41) is 2.96. The van der Waals surface area contributed by atoms with Crippen LogP contribution in [0.5, 0.6) is 5.75 Å². The maximum Gasteiger partial charge on any atom is 0.394 e. The minimum absolute atomic E-state index is 0.283. The van der Waals surface area contributed by atoms with Gasteiger partial charge in [0.25, 0.3) is 0 Å². The SMILES string of the molecule is COBNc1ccc(C)cc1OC(=O)/C=C/C(=O)OC. The zero-order chi connectivity index (χ0) is 15.0. The summed E-state index contributed by atoms with van der Waals surface area (Å²) in [6.07, 6.45) is 2.01. The average Bonchev–Trinajstić information content (AvgIpc) is 2.44. The van der Waals surface area contributed by atoms with Crippen LogP contribution in [-0.2, 0) is 19.0 Å². The van der Waals surface area contributed by atoms with Gasteiger partial charge in [-0.05, 0) is 24.6 Å². The van der Waals surface area contributed by atoms with Crippen LogP contribution < -0.4 is 9.96 Å². The lowest BCUT2D eigenvalue weighted by Crippen LogP contribution is -2.12. The first-order chi connectivity index (χ1) is 9.56. The fourth-order valence-corrected chi connectivity index (χ4v) is 1.36. The number of esters is 2. The Hall–Kier alpha value is -2.28. The monoisotopic (exact) mass is 277 g/mol. The zero-order valence-electron chi connectivity index (χ0n) is 11.6. The van der Waals surface area contributed by atoms with Crippen LogP contribution in [0.3, 0.4) is 0 Å². The lowest BCUT2D eigenvalue weighted by Gasteiger charge is -2.11. The fraction of sp³-hybridized carbons (Fsp3) is 0.231. The molecule has 106 valence electrons. The fourth-order valence-electron chi connectivity index (χ4n) is 1.36. The van der Waals surface area contributed by atoms with E-state index in [0.29, 0.717) is 11.4 Å². The van der Waals surface area contributed by atoms with Crippen molar-refractivity contribution < 1.29 is 23.7 Å². The number of benzene rings is 1. The summed E-state index contributed by atoms with van der Waals surface area (Å²) in [4.78, 5) is 22.5. The third-order valence-corrected chi connectivity index (χ3v) is 2.31. The second-order valence-corrected chi connectivity index (χ2v) is 3.89. The maximum absolute atomic E-state index is 11.6. The molecule has 0 aliphatic carbocycles. The molecule has 0 aliphatic heterocycles. The summed E-state index contributed by atoms with van der Waals surface area (Å²) in [6, 6.07) is 5.36. The van der Waals surface area contributed by atoms with Gasteiger partial charge in [-0.15, -0.1) is 0 Å². The van der Waals surface area contributed by atoms with Gasteiger partial charge in [0.2, 0.25) is 0 Å². The maximum atomic E-state index is 11.6. The number of nitrogens with one attached hydrogen (secondary N) is 1. The van der Waals surface area contributed by atoms with Gasteiger partial charge in [-0.3, -0.25) is 0 Å². The van der Waals surface area contributed by atoms with Gasteiger partial charge >= 0.3 is 19.6 Å². The van der Waals surface area contributed by atoms with Crippen molar-refractivity contribution in [2.45, 2.75) is 6.92 Å². The molecule has 0 aromatic heterocycles. The van der Waals surface area contributed by atoms with Crippen molar-refractivity contribution in [2.75, 3.05) is 19.4 Å². The first-order valence-corrected chi connectivity index (χ1v) is 5.88. The Morgan fingerprint density at radius 2 is 1.90 bits per heavy atom. The van der Waals surface area contributed by atoms with E-state index in [-0.39, 0.29) is 7.62 Å². The number of carbonyl (C=O) groups excluding carboxylic acids is 2. The summed E-state index contributed by atoms with van der Waals surface area (Å²) in [5.41, 5.74) is 1.56. The smallest absolute Gasteiger partial charge is 0.394 e. The van der Waals surface area contributed by atoms with E-state index in [1.807, 2.05) is 13.0 Å². The third-order valence-electron chi connectivity index (χ3n) is 2.31. The third kappa shape index (κ3) is 5.15. The van der Waals surface area contributed by atoms with Crippen LogP contribution in [0.15, 0.2) is 30.4 Å². The van der Waals surface area contributed by atoms with Gasteiger partial charge < -0.3 is 19.4 Å². The molecule has 0 saturated carbocycles. The van der Waals surface area contributed by atoms with Gasteiger partial charge in [0.15, 0.2) is 5.75 Å². The first kappa shape index (κ1) is 15.8. The van der Waals surface area contributed by atoms with Gasteiger partial charge in [-0.25, -0.2) is 9.59 Å². The Labute approximate surface area is 118 Å². The molecule has 0 atom stereocenters. The molecule has 0 saturated heterocycles. The molecule has 0 spiro atoms. The van der Waals surface area contributed by atoms with Crippen molar-refractivity contribution in [1.29, 1.82) is 0 Å². The lowest BCUT2D eigenvalue weighted by atomic mass is 10.1. The highest BCUT2D eigenvalue weighted by Gasteiger charge is 2.08. The lowest BCUT2D eigenvalue weighted by molar-refractivity contribution is -0.135. The normalized spacial score (nSPS) is 10.2. The molecule has 1 aromatic rings. The average molecular weight is 277 g/mol. The van der Waals surface area contributed by atoms with E-state index in [1.165, 1.54) is 7.11 Å². The van der Waals surface area contributed by atoms with Crippen molar-refractivity contribution in [2.24, 2.45) is 0 Å². The summed E-state index contributed by atoms with van der Waals surface area (Å²) < 4.78 is 14.5. The van der Waals surface area contributed by atoms with Crippen LogP contribution in [0.4, 0.5) is 5.69 Å². The molecule has 1 aromatic carbocycles. The van der Waals surface area contributed by atoms with Crippen molar-refractivity contribution in [3.05, 3.63) is 35.9 Å².